The smallest absolute Gasteiger partial charge is 0.165 e. The van der Waals surface area contributed by atoms with Crippen LogP contribution in [0.1, 0.15) is 36.8 Å². The maximum atomic E-state index is 12.9. The van der Waals surface area contributed by atoms with E-state index in [1.807, 2.05) is 6.07 Å². The number of hydrogen-bond acceptors (Lipinski definition) is 3. The lowest BCUT2D eigenvalue weighted by Gasteiger charge is -2.27. The lowest BCUT2D eigenvalue weighted by atomic mass is 9.87. The molecule has 0 unspecified atom stereocenters. The molecule has 100 valence electrons. The van der Waals surface area contributed by atoms with Crippen LogP contribution in [0.3, 0.4) is 0 Å². The number of nitrogens with two attached hydrogens (primary N) is 1. The second kappa shape index (κ2) is 5.14. The van der Waals surface area contributed by atoms with Gasteiger partial charge in [0.05, 0.1) is 14.2 Å². The van der Waals surface area contributed by atoms with Crippen LogP contribution in [0.15, 0.2) is 12.1 Å². The molecule has 0 aliphatic heterocycles. The van der Waals surface area contributed by atoms with Crippen LogP contribution in [0.5, 0.6) is 11.5 Å². The second-order valence-corrected chi connectivity index (χ2v) is 4.88. The maximum Gasteiger partial charge on any atom is 0.165 e. The molecule has 0 radical (unpaired) electrons. The maximum absolute atomic E-state index is 12.9. The first-order chi connectivity index (χ1) is 8.64. The Morgan fingerprint density at radius 1 is 1.22 bits per heavy atom. The Balaban J connectivity index is 2.55. The number of benzene rings is 1. The predicted octanol–water partition coefficient (Wildman–Crippen LogP) is 2.90. The molecule has 1 aliphatic rings. The Kier molecular flexibility index (Phi) is 3.76. The van der Waals surface area contributed by atoms with Gasteiger partial charge in [0.25, 0.3) is 0 Å². The Morgan fingerprint density at radius 2 is 1.89 bits per heavy atom. The third kappa shape index (κ3) is 2.17. The van der Waals surface area contributed by atoms with E-state index in [4.69, 9.17) is 15.2 Å². The van der Waals surface area contributed by atoms with Gasteiger partial charge < -0.3 is 15.2 Å². The average molecular weight is 253 g/mol. The molecule has 0 bridgehead atoms. The molecule has 0 atom stereocenters. The molecular weight excluding hydrogens is 233 g/mol. The zero-order chi connectivity index (χ0) is 13.2. The van der Waals surface area contributed by atoms with Crippen LogP contribution in [-0.4, -0.2) is 14.2 Å². The van der Waals surface area contributed by atoms with Crippen molar-refractivity contribution in [1.82, 2.24) is 0 Å². The molecule has 0 amide bonds. The lowest BCUT2D eigenvalue weighted by molar-refractivity contribution is 0.335. The Morgan fingerprint density at radius 3 is 2.39 bits per heavy atom. The van der Waals surface area contributed by atoms with Crippen molar-refractivity contribution in [2.24, 2.45) is 5.73 Å². The van der Waals surface area contributed by atoms with Crippen LogP contribution in [0.4, 0.5) is 4.39 Å². The zero-order valence-electron chi connectivity index (χ0n) is 11.0. The highest BCUT2D eigenvalue weighted by Gasteiger charge is 2.35. The van der Waals surface area contributed by atoms with E-state index in [0.29, 0.717) is 17.1 Å². The zero-order valence-corrected chi connectivity index (χ0v) is 11.0. The van der Waals surface area contributed by atoms with Gasteiger partial charge in [0.15, 0.2) is 11.5 Å². The van der Waals surface area contributed by atoms with Crippen molar-refractivity contribution < 1.29 is 13.9 Å². The van der Waals surface area contributed by atoms with Gasteiger partial charge in [-0.3, -0.25) is 0 Å². The Hall–Kier alpha value is -1.29. The van der Waals surface area contributed by atoms with E-state index in [1.54, 1.807) is 20.3 Å². The fourth-order valence-electron chi connectivity index (χ4n) is 2.74. The van der Waals surface area contributed by atoms with Crippen LogP contribution in [0, 0.1) is 0 Å². The van der Waals surface area contributed by atoms with Gasteiger partial charge in [0.1, 0.15) is 6.67 Å². The normalized spacial score (nSPS) is 17.8. The molecule has 1 aromatic rings. The molecule has 1 fully saturated rings. The summed E-state index contributed by atoms with van der Waals surface area (Å²) in [6.07, 6.45) is 4.01. The van der Waals surface area contributed by atoms with Gasteiger partial charge in [-0.1, -0.05) is 12.8 Å². The topological polar surface area (TPSA) is 44.5 Å². The molecule has 4 heteroatoms. The number of rotatable bonds is 4. The molecule has 0 aromatic heterocycles. The molecule has 2 N–H and O–H groups in total. The number of halogens is 1. The highest BCUT2D eigenvalue weighted by atomic mass is 19.1. The monoisotopic (exact) mass is 253 g/mol. The highest BCUT2D eigenvalue weighted by molar-refractivity contribution is 5.52. The first-order valence-corrected chi connectivity index (χ1v) is 6.25. The Bertz CT molecular complexity index is 428. The Labute approximate surface area is 107 Å². The average Bonchev–Trinajstić information content (AvgIpc) is 2.85. The molecule has 0 spiro atoms. The van der Waals surface area contributed by atoms with Gasteiger partial charge in [-0.2, -0.15) is 0 Å². The van der Waals surface area contributed by atoms with Crippen molar-refractivity contribution in [1.29, 1.82) is 0 Å². The first kappa shape index (κ1) is 13.1. The number of hydrogen-bond donors (Lipinski definition) is 1. The molecule has 2 rings (SSSR count). The van der Waals surface area contributed by atoms with Gasteiger partial charge in [-0.15, -0.1) is 0 Å². The van der Waals surface area contributed by atoms with Gasteiger partial charge >= 0.3 is 0 Å². The third-order valence-electron chi connectivity index (χ3n) is 3.73. The number of ether oxygens (including phenoxy) is 2. The predicted molar refractivity (Wildman–Crippen MR) is 68.7 cm³/mol. The van der Waals surface area contributed by atoms with E-state index < -0.39 is 12.2 Å². The fourth-order valence-corrected chi connectivity index (χ4v) is 2.74. The van der Waals surface area contributed by atoms with Crippen LogP contribution in [-0.2, 0) is 12.2 Å². The summed E-state index contributed by atoms with van der Waals surface area (Å²) in [5.41, 5.74) is 7.49. The molecule has 1 saturated carbocycles. The van der Waals surface area contributed by atoms with Crippen LogP contribution >= 0.6 is 0 Å². The molecular formula is C14H20FNO2. The standard InChI is InChI=1S/C14H20FNO2/c1-17-12-8-10(9-15)7-11(13(12)18-2)14(16)5-3-4-6-14/h7-8H,3-6,9,16H2,1-2H3. The summed E-state index contributed by atoms with van der Waals surface area (Å²) in [4.78, 5) is 0. The van der Waals surface area contributed by atoms with Gasteiger partial charge in [-0.05, 0) is 30.5 Å². The summed E-state index contributed by atoms with van der Waals surface area (Å²) < 4.78 is 23.6. The minimum absolute atomic E-state index is 0.413. The van der Waals surface area contributed by atoms with Crippen molar-refractivity contribution in [2.75, 3.05) is 14.2 Å². The van der Waals surface area contributed by atoms with Crippen molar-refractivity contribution >= 4 is 0 Å². The van der Waals surface area contributed by atoms with Crippen molar-refractivity contribution in [3.05, 3.63) is 23.3 Å². The summed E-state index contributed by atoms with van der Waals surface area (Å²) >= 11 is 0. The third-order valence-corrected chi connectivity index (χ3v) is 3.73. The molecule has 0 heterocycles. The van der Waals surface area contributed by atoms with Crippen molar-refractivity contribution in [3.63, 3.8) is 0 Å². The van der Waals surface area contributed by atoms with E-state index in [-0.39, 0.29) is 0 Å². The van der Waals surface area contributed by atoms with E-state index in [9.17, 15) is 4.39 Å². The van der Waals surface area contributed by atoms with Crippen molar-refractivity contribution in [2.45, 2.75) is 37.9 Å². The minimum atomic E-state index is -0.524. The van der Waals surface area contributed by atoms with Crippen LogP contribution in [0.25, 0.3) is 0 Å². The minimum Gasteiger partial charge on any atom is -0.493 e. The fraction of sp³-hybridized carbons (Fsp3) is 0.571. The van der Waals surface area contributed by atoms with E-state index in [0.717, 1.165) is 31.2 Å². The summed E-state index contributed by atoms with van der Waals surface area (Å²) in [7, 11) is 3.15. The first-order valence-electron chi connectivity index (χ1n) is 6.25. The van der Waals surface area contributed by atoms with Crippen LogP contribution in [0.2, 0.25) is 0 Å². The summed E-state index contributed by atoms with van der Waals surface area (Å²) in [6.45, 7) is -0.524. The number of alkyl halides is 1. The summed E-state index contributed by atoms with van der Waals surface area (Å²) in [6, 6.07) is 3.48. The van der Waals surface area contributed by atoms with E-state index in [2.05, 4.69) is 0 Å². The van der Waals surface area contributed by atoms with Gasteiger partial charge in [0.2, 0.25) is 0 Å². The highest BCUT2D eigenvalue weighted by Crippen LogP contribution is 2.44. The quantitative estimate of drug-likeness (QED) is 0.897. The molecule has 1 aromatic carbocycles. The molecule has 0 saturated heterocycles. The van der Waals surface area contributed by atoms with Gasteiger partial charge in [-0.25, -0.2) is 4.39 Å². The summed E-state index contributed by atoms with van der Waals surface area (Å²) in [5.74, 6) is 1.19. The largest absolute Gasteiger partial charge is 0.493 e. The molecule has 1 aliphatic carbocycles. The van der Waals surface area contributed by atoms with E-state index >= 15 is 0 Å². The number of methoxy groups -OCH3 is 2. The summed E-state index contributed by atoms with van der Waals surface area (Å²) in [5, 5.41) is 0. The SMILES string of the molecule is COc1cc(CF)cc(C2(N)CCCC2)c1OC. The van der Waals surface area contributed by atoms with E-state index in [1.165, 1.54) is 0 Å². The van der Waals surface area contributed by atoms with Crippen molar-refractivity contribution in [3.8, 4) is 11.5 Å². The lowest BCUT2D eigenvalue weighted by Crippen LogP contribution is -2.33. The molecule has 18 heavy (non-hydrogen) atoms. The van der Waals surface area contributed by atoms with Crippen LogP contribution < -0.4 is 15.2 Å². The van der Waals surface area contributed by atoms with Gasteiger partial charge in [0, 0.05) is 11.1 Å². The second-order valence-electron chi connectivity index (χ2n) is 4.88. The molecule has 3 nitrogen and oxygen atoms in total.